The molecule has 0 saturated heterocycles. The van der Waals surface area contributed by atoms with Gasteiger partial charge in [-0.05, 0) is 18.9 Å². The van der Waals surface area contributed by atoms with Gasteiger partial charge in [0.25, 0.3) is 0 Å². The molecule has 3 heterocycles. The Morgan fingerprint density at radius 2 is 2.22 bits per heavy atom. The molecule has 0 fully saturated rings. The molecule has 2 aromatic rings. The lowest BCUT2D eigenvalue weighted by molar-refractivity contribution is 0.234. The molecule has 27 heavy (non-hydrogen) atoms. The molecule has 0 atom stereocenters. The van der Waals surface area contributed by atoms with Crippen LogP contribution in [0.1, 0.15) is 19.8 Å². The number of H-pyrrole nitrogens is 1. The van der Waals surface area contributed by atoms with Crippen LogP contribution in [0.3, 0.4) is 0 Å². The van der Waals surface area contributed by atoms with E-state index in [4.69, 9.17) is 9.47 Å². The van der Waals surface area contributed by atoms with Crippen LogP contribution in [0.5, 0.6) is 6.01 Å². The first-order chi connectivity index (χ1) is 13.2. The number of nitrogens with one attached hydrogen (secondary N) is 2. The van der Waals surface area contributed by atoms with E-state index >= 15 is 0 Å². The van der Waals surface area contributed by atoms with Gasteiger partial charge in [-0.15, -0.1) is 0 Å². The van der Waals surface area contributed by atoms with E-state index in [1.165, 1.54) is 4.57 Å². The van der Waals surface area contributed by atoms with Crippen LogP contribution in [0.15, 0.2) is 33.8 Å². The van der Waals surface area contributed by atoms with Gasteiger partial charge in [0.15, 0.2) is 11.5 Å². The van der Waals surface area contributed by atoms with Crippen molar-refractivity contribution < 1.29 is 9.47 Å². The smallest absolute Gasteiger partial charge is 0.328 e. The third-order valence-electron chi connectivity index (χ3n) is 4.11. The molecule has 9 heteroatoms. The fourth-order valence-corrected chi connectivity index (χ4v) is 2.80. The molecule has 0 amide bonds. The largest absolute Gasteiger partial charge is 0.492 e. The number of hydrogen-bond donors (Lipinski definition) is 2. The summed E-state index contributed by atoms with van der Waals surface area (Å²) in [7, 11) is 3.42. The molecule has 0 aliphatic carbocycles. The van der Waals surface area contributed by atoms with E-state index in [-0.39, 0.29) is 18.2 Å². The number of imidazole rings is 1. The van der Waals surface area contributed by atoms with E-state index in [1.807, 2.05) is 25.2 Å². The highest BCUT2D eigenvalue weighted by atomic mass is 16.5. The predicted octanol–water partition coefficient (Wildman–Crippen LogP) is 1.88. The standard InChI is InChI=1S/C18H24N6O3/c1-4-8-13-12(19-2)11-24-16-14(21-18(24)25)15(20-3)22-17(23-16)27-10-7-5-6-9-26-13/h5,7-8H,4,6,9-11H2,1-3H3,(H,21,25)(H,20,22,23)/b7-5+,13-8+,19-12?. The number of allylic oxidation sites excluding steroid dienone is 2. The van der Waals surface area contributed by atoms with Crippen LogP contribution in [-0.4, -0.2) is 52.5 Å². The maximum Gasteiger partial charge on any atom is 0.328 e. The van der Waals surface area contributed by atoms with Gasteiger partial charge in [-0.3, -0.25) is 9.56 Å². The summed E-state index contributed by atoms with van der Waals surface area (Å²) in [5.74, 6) is 1.18. The molecule has 3 rings (SSSR count). The van der Waals surface area contributed by atoms with Crippen LogP contribution in [0.4, 0.5) is 5.82 Å². The van der Waals surface area contributed by atoms with Gasteiger partial charge < -0.3 is 19.8 Å². The lowest BCUT2D eigenvalue weighted by Crippen LogP contribution is -2.24. The Labute approximate surface area is 156 Å². The molecule has 0 aromatic carbocycles. The topological polar surface area (TPSA) is 106 Å². The summed E-state index contributed by atoms with van der Waals surface area (Å²) in [6.07, 6.45) is 7.39. The van der Waals surface area contributed by atoms with E-state index in [0.29, 0.717) is 41.7 Å². The minimum absolute atomic E-state index is 0.205. The highest BCUT2D eigenvalue weighted by Gasteiger charge is 2.18. The van der Waals surface area contributed by atoms with Crippen molar-refractivity contribution in [1.82, 2.24) is 19.5 Å². The molecule has 0 saturated carbocycles. The molecular weight excluding hydrogens is 348 g/mol. The second-order valence-electron chi connectivity index (χ2n) is 5.89. The Morgan fingerprint density at radius 3 is 2.96 bits per heavy atom. The van der Waals surface area contributed by atoms with Crippen LogP contribution < -0.4 is 15.7 Å². The number of rotatable bonds is 2. The summed E-state index contributed by atoms with van der Waals surface area (Å²) in [4.78, 5) is 28.5. The number of hydrogen-bond acceptors (Lipinski definition) is 7. The fourth-order valence-electron chi connectivity index (χ4n) is 2.80. The molecule has 1 aliphatic heterocycles. The lowest BCUT2D eigenvalue weighted by atomic mass is 10.2. The first-order valence-electron chi connectivity index (χ1n) is 8.93. The molecule has 9 nitrogen and oxygen atoms in total. The average molecular weight is 372 g/mol. The molecule has 144 valence electrons. The summed E-state index contributed by atoms with van der Waals surface area (Å²) in [5.41, 5.74) is 1.35. The summed E-state index contributed by atoms with van der Waals surface area (Å²) < 4.78 is 13.0. The number of aromatic nitrogens is 4. The Morgan fingerprint density at radius 1 is 1.37 bits per heavy atom. The minimum Gasteiger partial charge on any atom is -0.492 e. The third kappa shape index (κ3) is 4.02. The summed E-state index contributed by atoms with van der Waals surface area (Å²) >= 11 is 0. The highest BCUT2D eigenvalue weighted by molar-refractivity contribution is 5.99. The molecule has 0 spiro atoms. The van der Waals surface area contributed by atoms with Crippen molar-refractivity contribution in [3.8, 4) is 6.01 Å². The van der Waals surface area contributed by atoms with Gasteiger partial charge >= 0.3 is 11.7 Å². The Kier molecular flexibility index (Phi) is 5.90. The second kappa shape index (κ2) is 8.52. The van der Waals surface area contributed by atoms with Crippen molar-refractivity contribution >= 4 is 22.7 Å². The number of aliphatic imine (C=N–C) groups is 1. The number of anilines is 1. The fraction of sp³-hybridized carbons (Fsp3) is 0.444. The zero-order valence-electron chi connectivity index (χ0n) is 15.8. The van der Waals surface area contributed by atoms with Gasteiger partial charge in [-0.2, -0.15) is 9.97 Å². The molecule has 2 aromatic heterocycles. The van der Waals surface area contributed by atoms with Crippen molar-refractivity contribution in [1.29, 1.82) is 0 Å². The van der Waals surface area contributed by atoms with Crippen molar-refractivity contribution in [2.75, 3.05) is 32.6 Å². The van der Waals surface area contributed by atoms with Crippen LogP contribution in [0, 0.1) is 0 Å². The van der Waals surface area contributed by atoms with Gasteiger partial charge in [0, 0.05) is 14.1 Å². The van der Waals surface area contributed by atoms with E-state index in [2.05, 4.69) is 25.3 Å². The molecule has 2 N–H and O–H groups in total. The minimum atomic E-state index is -0.295. The zero-order valence-corrected chi connectivity index (χ0v) is 15.8. The van der Waals surface area contributed by atoms with Crippen LogP contribution in [0.25, 0.3) is 11.2 Å². The van der Waals surface area contributed by atoms with Crippen LogP contribution >= 0.6 is 0 Å². The van der Waals surface area contributed by atoms with E-state index in [9.17, 15) is 4.79 Å². The lowest BCUT2D eigenvalue weighted by Gasteiger charge is -2.14. The van der Waals surface area contributed by atoms with Crippen molar-refractivity contribution in [3.63, 3.8) is 0 Å². The Bertz CT molecular complexity index is 954. The van der Waals surface area contributed by atoms with Gasteiger partial charge in [-0.1, -0.05) is 19.1 Å². The summed E-state index contributed by atoms with van der Waals surface area (Å²) in [6, 6.07) is 0.205. The molecule has 2 bridgehead atoms. The van der Waals surface area contributed by atoms with Gasteiger partial charge in [0.2, 0.25) is 0 Å². The Hall–Kier alpha value is -3.10. The van der Waals surface area contributed by atoms with Crippen molar-refractivity contribution in [2.24, 2.45) is 4.99 Å². The van der Waals surface area contributed by atoms with Crippen molar-refractivity contribution in [3.05, 3.63) is 34.5 Å². The molecule has 0 unspecified atom stereocenters. The predicted molar refractivity (Wildman–Crippen MR) is 105 cm³/mol. The van der Waals surface area contributed by atoms with E-state index in [1.54, 1.807) is 14.1 Å². The van der Waals surface area contributed by atoms with Gasteiger partial charge in [0.1, 0.15) is 17.9 Å². The zero-order chi connectivity index (χ0) is 19.2. The number of fused-ring (bicyclic) bond motifs is 1. The SMILES string of the molecule is CC/C=C1/OCC/C=C/COc2nc(NC)c3[nH]c(=O)n(c3n2)CC1=NC. The highest BCUT2D eigenvalue weighted by Crippen LogP contribution is 2.20. The third-order valence-corrected chi connectivity index (χ3v) is 4.11. The monoisotopic (exact) mass is 372 g/mol. The first kappa shape index (κ1) is 18.7. The Balaban J connectivity index is 2.15. The number of nitrogens with zero attached hydrogens (tertiary/aromatic N) is 4. The van der Waals surface area contributed by atoms with Gasteiger partial charge in [0.05, 0.1) is 18.9 Å². The molecular formula is C18H24N6O3. The summed E-state index contributed by atoms with van der Waals surface area (Å²) in [6.45, 7) is 3.12. The number of ether oxygens (including phenoxy) is 2. The van der Waals surface area contributed by atoms with E-state index in [0.717, 1.165) is 12.8 Å². The molecule has 1 aliphatic rings. The second-order valence-corrected chi connectivity index (χ2v) is 5.89. The quantitative estimate of drug-likeness (QED) is 0.780. The maximum atomic E-state index is 12.6. The van der Waals surface area contributed by atoms with Crippen LogP contribution in [0.2, 0.25) is 0 Å². The number of aromatic amines is 1. The first-order valence-corrected chi connectivity index (χ1v) is 8.93. The van der Waals surface area contributed by atoms with Crippen LogP contribution in [-0.2, 0) is 11.3 Å². The average Bonchev–Trinajstić information content (AvgIpc) is 2.98. The van der Waals surface area contributed by atoms with Crippen molar-refractivity contribution in [2.45, 2.75) is 26.3 Å². The molecule has 0 radical (unpaired) electrons. The maximum absolute atomic E-state index is 12.6. The normalized spacial score (nSPS) is 19.7. The van der Waals surface area contributed by atoms with E-state index < -0.39 is 0 Å². The summed E-state index contributed by atoms with van der Waals surface area (Å²) in [5, 5.41) is 2.98. The van der Waals surface area contributed by atoms with Gasteiger partial charge in [-0.25, -0.2) is 4.79 Å².